The molecule has 24 heavy (non-hydrogen) atoms. The number of nitrogens with zero attached hydrogens (tertiary/aromatic N) is 1. The minimum absolute atomic E-state index is 0.0716. The average molecular weight is 327 g/mol. The number of carbonyl (C=O) groups excluding carboxylic acids is 1. The van der Waals surface area contributed by atoms with Crippen LogP contribution in [0.15, 0.2) is 42.5 Å². The van der Waals surface area contributed by atoms with Crippen molar-refractivity contribution in [2.75, 3.05) is 27.2 Å². The monoisotopic (exact) mass is 327 g/mol. The Morgan fingerprint density at radius 2 is 1.96 bits per heavy atom. The zero-order chi connectivity index (χ0) is 17.1. The van der Waals surface area contributed by atoms with E-state index in [-0.39, 0.29) is 17.6 Å². The Balaban J connectivity index is 1.78. The van der Waals surface area contributed by atoms with Crippen molar-refractivity contribution in [1.29, 1.82) is 0 Å². The van der Waals surface area contributed by atoms with E-state index in [4.69, 9.17) is 9.47 Å². The van der Waals surface area contributed by atoms with Crippen LogP contribution in [0.25, 0.3) is 0 Å². The van der Waals surface area contributed by atoms with Gasteiger partial charge in [0.2, 0.25) is 0 Å². The van der Waals surface area contributed by atoms with Gasteiger partial charge in [0.05, 0.1) is 6.42 Å². The number of likely N-dealkylation sites (N-methyl/N-ethyl adjacent to an activating group) is 1. The van der Waals surface area contributed by atoms with Crippen molar-refractivity contribution in [2.45, 2.75) is 12.3 Å². The molecule has 2 aromatic carbocycles. The van der Waals surface area contributed by atoms with Crippen molar-refractivity contribution in [3.8, 4) is 17.2 Å². The topological polar surface area (TPSA) is 59.0 Å². The summed E-state index contributed by atoms with van der Waals surface area (Å²) < 4.78 is 10.9. The van der Waals surface area contributed by atoms with Crippen molar-refractivity contribution < 1.29 is 19.4 Å². The van der Waals surface area contributed by atoms with Gasteiger partial charge in [-0.25, -0.2) is 0 Å². The van der Waals surface area contributed by atoms with Crippen LogP contribution in [0.4, 0.5) is 0 Å². The number of carbonyl (C=O) groups is 1. The van der Waals surface area contributed by atoms with Gasteiger partial charge in [0.1, 0.15) is 23.9 Å². The lowest BCUT2D eigenvalue weighted by atomic mass is 9.86. The number of esters is 1. The summed E-state index contributed by atoms with van der Waals surface area (Å²) in [5.74, 6) is 0.974. The Kier molecular flexibility index (Phi) is 4.71. The number of benzene rings is 2. The molecular formula is C19H21NO4. The van der Waals surface area contributed by atoms with E-state index in [2.05, 4.69) is 4.90 Å². The summed E-state index contributed by atoms with van der Waals surface area (Å²) in [5, 5.41) is 9.58. The first kappa shape index (κ1) is 16.3. The van der Waals surface area contributed by atoms with Gasteiger partial charge in [-0.1, -0.05) is 18.2 Å². The van der Waals surface area contributed by atoms with E-state index in [1.165, 1.54) is 6.07 Å². The molecule has 126 valence electrons. The van der Waals surface area contributed by atoms with Crippen LogP contribution in [-0.4, -0.2) is 43.2 Å². The molecule has 0 aromatic heterocycles. The van der Waals surface area contributed by atoms with E-state index in [0.717, 1.165) is 23.4 Å². The number of hydrogen-bond acceptors (Lipinski definition) is 5. The molecule has 0 amide bonds. The van der Waals surface area contributed by atoms with Gasteiger partial charge in [0.25, 0.3) is 0 Å². The summed E-state index contributed by atoms with van der Waals surface area (Å²) in [6, 6.07) is 12.7. The van der Waals surface area contributed by atoms with Gasteiger partial charge in [-0.2, -0.15) is 0 Å². The second-order valence-corrected chi connectivity index (χ2v) is 6.17. The average Bonchev–Trinajstić information content (AvgIpc) is 2.54. The maximum atomic E-state index is 11.9. The third-order valence-electron chi connectivity index (χ3n) is 4.06. The minimum atomic E-state index is -0.288. The SMILES string of the molecule is CN(C)CCOc1ccc(C2CC(=O)Oc3cc(O)ccc32)cc1. The smallest absolute Gasteiger partial charge is 0.312 e. The Hall–Kier alpha value is -2.53. The first-order valence-corrected chi connectivity index (χ1v) is 7.94. The predicted molar refractivity (Wildman–Crippen MR) is 90.7 cm³/mol. The van der Waals surface area contributed by atoms with Crippen molar-refractivity contribution in [3.63, 3.8) is 0 Å². The molecule has 0 radical (unpaired) electrons. The molecule has 1 unspecified atom stereocenters. The molecule has 0 bridgehead atoms. The van der Waals surface area contributed by atoms with Gasteiger partial charge in [-0.15, -0.1) is 0 Å². The molecule has 0 aliphatic carbocycles. The lowest BCUT2D eigenvalue weighted by Gasteiger charge is -2.25. The fraction of sp³-hybridized carbons (Fsp3) is 0.316. The van der Waals surface area contributed by atoms with Gasteiger partial charge >= 0.3 is 5.97 Å². The number of phenolic OH excluding ortho intramolecular Hbond substituents is 1. The molecule has 1 aliphatic heterocycles. The number of ether oxygens (including phenoxy) is 2. The highest BCUT2D eigenvalue weighted by Gasteiger charge is 2.28. The standard InChI is InChI=1S/C19H21NO4/c1-20(2)9-10-23-15-6-3-13(4-7-15)17-12-19(22)24-18-11-14(21)5-8-16(17)18/h3-8,11,17,21H,9-10,12H2,1-2H3. The second kappa shape index (κ2) is 6.93. The van der Waals surface area contributed by atoms with Gasteiger partial charge in [0, 0.05) is 24.1 Å². The molecule has 5 heteroatoms. The van der Waals surface area contributed by atoms with Crippen molar-refractivity contribution in [1.82, 2.24) is 4.90 Å². The molecule has 1 atom stereocenters. The van der Waals surface area contributed by atoms with Crippen LogP contribution in [0.2, 0.25) is 0 Å². The number of hydrogen-bond donors (Lipinski definition) is 1. The highest BCUT2D eigenvalue weighted by Crippen LogP contribution is 2.40. The lowest BCUT2D eigenvalue weighted by Crippen LogP contribution is -2.21. The quantitative estimate of drug-likeness (QED) is 0.676. The second-order valence-electron chi connectivity index (χ2n) is 6.17. The number of phenols is 1. The van der Waals surface area contributed by atoms with Gasteiger partial charge in [-0.05, 0) is 37.9 Å². The summed E-state index contributed by atoms with van der Waals surface area (Å²) in [6.45, 7) is 1.48. The van der Waals surface area contributed by atoms with E-state index in [0.29, 0.717) is 18.8 Å². The summed E-state index contributed by atoms with van der Waals surface area (Å²) in [6.07, 6.45) is 0.290. The van der Waals surface area contributed by atoms with E-state index in [1.807, 2.05) is 44.4 Å². The van der Waals surface area contributed by atoms with Gasteiger partial charge in [-0.3, -0.25) is 4.79 Å². The van der Waals surface area contributed by atoms with Crippen LogP contribution >= 0.6 is 0 Å². The van der Waals surface area contributed by atoms with E-state index >= 15 is 0 Å². The molecular weight excluding hydrogens is 306 g/mol. The van der Waals surface area contributed by atoms with Crippen LogP contribution in [0.3, 0.4) is 0 Å². The molecule has 0 saturated heterocycles. The Bertz CT molecular complexity index is 725. The highest BCUT2D eigenvalue weighted by atomic mass is 16.5. The molecule has 1 N–H and O–H groups in total. The van der Waals surface area contributed by atoms with Gasteiger partial charge in [0.15, 0.2) is 0 Å². The zero-order valence-electron chi connectivity index (χ0n) is 13.9. The summed E-state index contributed by atoms with van der Waals surface area (Å²) in [5.41, 5.74) is 1.94. The largest absolute Gasteiger partial charge is 0.508 e. The molecule has 5 nitrogen and oxygen atoms in total. The highest BCUT2D eigenvalue weighted by molar-refractivity contribution is 5.78. The molecule has 0 saturated carbocycles. The molecule has 0 fully saturated rings. The Labute approximate surface area is 141 Å². The predicted octanol–water partition coefficient (Wildman–Crippen LogP) is 2.77. The Morgan fingerprint density at radius 1 is 1.21 bits per heavy atom. The maximum Gasteiger partial charge on any atom is 0.312 e. The van der Waals surface area contributed by atoms with E-state index < -0.39 is 0 Å². The molecule has 1 heterocycles. The van der Waals surface area contributed by atoms with Crippen LogP contribution in [0, 0.1) is 0 Å². The number of aromatic hydroxyl groups is 1. The van der Waals surface area contributed by atoms with Crippen LogP contribution in [0.5, 0.6) is 17.2 Å². The first-order valence-electron chi connectivity index (χ1n) is 7.94. The fourth-order valence-electron chi connectivity index (χ4n) is 2.78. The van der Waals surface area contributed by atoms with Crippen molar-refractivity contribution in [2.24, 2.45) is 0 Å². The normalized spacial score (nSPS) is 16.6. The molecule has 3 rings (SSSR count). The lowest BCUT2D eigenvalue weighted by molar-refractivity contribution is -0.135. The number of rotatable bonds is 5. The summed E-state index contributed by atoms with van der Waals surface area (Å²) in [7, 11) is 4.01. The third-order valence-corrected chi connectivity index (χ3v) is 4.06. The van der Waals surface area contributed by atoms with Crippen molar-refractivity contribution >= 4 is 5.97 Å². The summed E-state index contributed by atoms with van der Waals surface area (Å²) >= 11 is 0. The fourth-order valence-corrected chi connectivity index (χ4v) is 2.78. The third kappa shape index (κ3) is 3.68. The molecule has 1 aliphatic rings. The van der Waals surface area contributed by atoms with Crippen molar-refractivity contribution in [3.05, 3.63) is 53.6 Å². The van der Waals surface area contributed by atoms with Crippen LogP contribution in [0.1, 0.15) is 23.5 Å². The molecule has 2 aromatic rings. The van der Waals surface area contributed by atoms with E-state index in [1.54, 1.807) is 6.07 Å². The zero-order valence-corrected chi connectivity index (χ0v) is 13.9. The van der Waals surface area contributed by atoms with Gasteiger partial charge < -0.3 is 19.5 Å². The van der Waals surface area contributed by atoms with Crippen LogP contribution < -0.4 is 9.47 Å². The van der Waals surface area contributed by atoms with Crippen LogP contribution in [-0.2, 0) is 4.79 Å². The minimum Gasteiger partial charge on any atom is -0.508 e. The Morgan fingerprint density at radius 3 is 2.67 bits per heavy atom. The first-order chi connectivity index (χ1) is 11.5. The summed E-state index contributed by atoms with van der Waals surface area (Å²) in [4.78, 5) is 13.9. The molecule has 0 spiro atoms. The van der Waals surface area contributed by atoms with E-state index in [9.17, 15) is 9.90 Å². The maximum absolute atomic E-state index is 11.9. The number of fused-ring (bicyclic) bond motifs is 1.